The Morgan fingerprint density at radius 3 is 1.38 bits per heavy atom. The fourth-order valence-electron chi connectivity index (χ4n) is 17.8. The van der Waals surface area contributed by atoms with Gasteiger partial charge in [-0.2, -0.15) is 0 Å². The van der Waals surface area contributed by atoms with E-state index in [0.717, 1.165) is 0 Å². The Morgan fingerprint density at radius 1 is 0.625 bits per heavy atom. The van der Waals surface area contributed by atoms with Crippen molar-refractivity contribution in [2.75, 3.05) is 12.3 Å². The number of rotatable bonds is 11. The molecular formula is C22H35CoP. The summed E-state index contributed by atoms with van der Waals surface area (Å²) in [5.41, 5.74) is 0. The van der Waals surface area contributed by atoms with E-state index in [9.17, 15) is 0 Å². The second-order valence-corrected chi connectivity index (χ2v) is 38.6. The summed E-state index contributed by atoms with van der Waals surface area (Å²) in [6.45, 7) is 4.77. The van der Waals surface area contributed by atoms with Gasteiger partial charge < -0.3 is 0 Å². The van der Waals surface area contributed by atoms with Gasteiger partial charge in [0.2, 0.25) is 0 Å². The van der Waals surface area contributed by atoms with Gasteiger partial charge in [0, 0.05) is 0 Å². The van der Waals surface area contributed by atoms with Crippen LogP contribution in [0, 0.1) is 0 Å². The summed E-state index contributed by atoms with van der Waals surface area (Å²) < 4.78 is 1.26. The van der Waals surface area contributed by atoms with Crippen LogP contribution in [0.1, 0.15) is 65.2 Å². The first kappa shape index (κ1) is 12.4. The van der Waals surface area contributed by atoms with Crippen molar-refractivity contribution in [1.82, 2.24) is 0 Å². The minimum absolute atomic E-state index is 0.486. The number of unbranched alkanes of at least 4 members (excludes halogenated alkanes) is 6. The maximum atomic E-state index is 2.39. The van der Waals surface area contributed by atoms with Crippen LogP contribution >= 0.6 is 7.92 Å². The molecule has 24 heavy (non-hydrogen) atoms. The topological polar surface area (TPSA) is 0 Å². The Hall–Kier alpha value is 0.936. The molecule has 0 nitrogen and oxygen atoms in total. The van der Waals surface area contributed by atoms with Gasteiger partial charge in [0.25, 0.3) is 0 Å². The second kappa shape index (κ2) is 1.49. The van der Waals surface area contributed by atoms with E-state index in [2.05, 4.69) is 13.8 Å². The third kappa shape index (κ3) is 0.205. The molecule has 0 amide bonds. The molecule has 10 heterocycles. The van der Waals surface area contributed by atoms with Crippen molar-refractivity contribution in [2.24, 2.45) is 0 Å². The van der Waals surface area contributed by atoms with E-state index < -0.39 is 6.37 Å². The summed E-state index contributed by atoms with van der Waals surface area (Å²) in [6, 6.07) is 0. The van der Waals surface area contributed by atoms with Crippen LogP contribution in [0.2, 0.25) is 43.7 Å². The number of hydrogen-bond acceptors (Lipinski definition) is 0. The van der Waals surface area contributed by atoms with Crippen molar-refractivity contribution in [3.63, 3.8) is 0 Å². The first-order chi connectivity index (χ1) is 11.6. The molecule has 137 valence electrons. The van der Waals surface area contributed by atoms with Crippen LogP contribution in [0.25, 0.3) is 0 Å². The Kier molecular flexibility index (Phi) is 0.770. The average molecular weight is 389 g/mol. The molecule has 0 bridgehead atoms. The molecule has 1 spiro atoms. The molecule has 10 aliphatic heterocycles. The molecule has 4 atom stereocenters. The van der Waals surface area contributed by atoms with Crippen molar-refractivity contribution in [3.8, 4) is 0 Å². The second-order valence-electron chi connectivity index (χ2n) is 13.3. The van der Waals surface area contributed by atoms with Crippen molar-refractivity contribution in [3.05, 3.63) is 0 Å². The third-order valence-electron chi connectivity index (χ3n) is 16.9. The molecular weight excluding hydrogens is 354 g/mol. The van der Waals surface area contributed by atoms with Gasteiger partial charge in [-0.15, -0.1) is 0 Å². The summed E-state index contributed by atoms with van der Waals surface area (Å²) >= 11 is 0. The van der Waals surface area contributed by atoms with E-state index in [0.29, 0.717) is 7.92 Å². The molecule has 0 aromatic carbocycles. The van der Waals surface area contributed by atoms with Gasteiger partial charge in [-0.25, -0.2) is 0 Å². The molecule has 0 radical (unpaired) electrons. The molecule has 4 unspecified atom stereocenters. The third-order valence-corrected chi connectivity index (χ3v) is 64.2. The van der Waals surface area contributed by atoms with Crippen molar-refractivity contribution < 1.29 is 6.37 Å². The van der Waals surface area contributed by atoms with Crippen LogP contribution in [-0.4, -0.2) is 16.4 Å². The summed E-state index contributed by atoms with van der Waals surface area (Å²) in [6.07, 6.45) is 13.1. The molecule has 10 saturated heterocycles. The van der Waals surface area contributed by atoms with Gasteiger partial charge in [0.1, 0.15) is 0 Å². The zero-order chi connectivity index (χ0) is 15.7. The predicted molar refractivity (Wildman–Crippen MR) is 101 cm³/mol. The monoisotopic (exact) mass is 389 g/mol. The van der Waals surface area contributed by atoms with Gasteiger partial charge in [-0.1, -0.05) is 0 Å². The first-order valence-corrected chi connectivity index (χ1v) is 19.1. The SMILES string of the molecule is CCCCCCP(CCCCCC)[C]12[CH]3[CH]4[CH]5[CH]1[Co]45321678[CH]2[CH]1[CH]6[CH]7[CH]28. The van der Waals surface area contributed by atoms with E-state index in [1.807, 2.05) is 0 Å². The summed E-state index contributed by atoms with van der Waals surface area (Å²) in [5.74, 6) is 0. The van der Waals surface area contributed by atoms with Crippen molar-refractivity contribution in [2.45, 2.75) is 113 Å². The molecule has 10 rings (SSSR count). The van der Waals surface area contributed by atoms with Gasteiger partial charge in [-0.3, -0.25) is 0 Å². The fourth-order valence-corrected chi connectivity index (χ4v) is 102. The first-order valence-electron chi connectivity index (χ1n) is 11.4. The summed E-state index contributed by atoms with van der Waals surface area (Å²) in [7, 11) is 0.486. The number of fused-ring (bicyclic) bond motifs is 10. The van der Waals surface area contributed by atoms with E-state index in [4.69, 9.17) is 0 Å². The number of hydrogen-bond donors (Lipinski definition) is 0. The van der Waals surface area contributed by atoms with E-state index in [-0.39, 0.29) is 0 Å². The minimum atomic E-state index is -2.69. The van der Waals surface area contributed by atoms with Crippen molar-refractivity contribution in [1.29, 1.82) is 0 Å². The normalized spacial score (nSPS) is 88.2. The molecule has 10 fully saturated rings. The van der Waals surface area contributed by atoms with Crippen LogP contribution in [0.15, 0.2) is 0 Å². The van der Waals surface area contributed by atoms with Gasteiger partial charge in [0.15, 0.2) is 0 Å². The Balaban J connectivity index is 1.06. The molecule has 0 aromatic heterocycles. The standard InChI is InChI=1S/C17H30P.C5H5.Co/c1-3-5-7-11-15-18(16-12-8-6-4-2)17-13-9-10-14-17;1-2-4-5-3-1;/h9-10,13-14H,3-8,11-12,15-16H2,1-2H3;1-5H;. The maximum absolute atomic E-state index is 2.69. The van der Waals surface area contributed by atoms with Crippen LogP contribution in [0.3, 0.4) is 0 Å². The zero-order valence-corrected chi connectivity index (χ0v) is 17.5. The van der Waals surface area contributed by atoms with Crippen LogP contribution < -0.4 is 0 Å². The van der Waals surface area contributed by atoms with E-state index in [1.54, 1.807) is 81.7 Å². The molecule has 0 aromatic rings. The molecule has 2 heteroatoms. The van der Waals surface area contributed by atoms with Crippen LogP contribution in [0.4, 0.5) is 0 Å². The molecule has 10 aliphatic rings. The Labute approximate surface area is 139 Å². The van der Waals surface area contributed by atoms with Gasteiger partial charge >= 0.3 is 140 Å². The van der Waals surface area contributed by atoms with E-state index in [1.165, 1.54) is 29.8 Å². The van der Waals surface area contributed by atoms with Crippen molar-refractivity contribution >= 4 is 7.92 Å². The fraction of sp³-hybridized carbons (Fsp3) is 1.00. The molecule has 0 aliphatic carbocycles. The quantitative estimate of drug-likeness (QED) is 0.249. The Bertz CT molecular complexity index is 949. The zero-order valence-electron chi connectivity index (χ0n) is 15.5. The molecule has 0 N–H and O–H groups in total. The predicted octanol–water partition coefficient (Wildman–Crippen LogP) is 7.93. The Morgan fingerprint density at radius 2 is 1.08 bits per heavy atom. The van der Waals surface area contributed by atoms with Gasteiger partial charge in [-0.05, 0) is 0 Å². The van der Waals surface area contributed by atoms with Crippen LogP contribution in [-0.2, 0) is 6.37 Å². The van der Waals surface area contributed by atoms with E-state index >= 15 is 0 Å². The van der Waals surface area contributed by atoms with Crippen LogP contribution in [0.5, 0.6) is 0 Å². The molecule has 0 saturated carbocycles. The average Bonchev–Trinajstić information content (AvgIpc) is 3.53. The summed E-state index contributed by atoms with van der Waals surface area (Å²) in [4.78, 5) is 14.0. The summed E-state index contributed by atoms with van der Waals surface area (Å²) in [5, 5.41) is 0. The van der Waals surface area contributed by atoms with Gasteiger partial charge in [0.05, 0.1) is 0 Å².